The number of hydrogen-bond acceptors (Lipinski definition) is 4. The molecule has 1 aromatic rings. The molecule has 1 heterocycles. The largest absolute Gasteiger partial charge is 0.475 e. The van der Waals surface area contributed by atoms with E-state index < -0.39 is 5.97 Å². The summed E-state index contributed by atoms with van der Waals surface area (Å²) in [6, 6.07) is 3.06. The van der Waals surface area contributed by atoms with E-state index >= 15 is 0 Å². The third-order valence-corrected chi connectivity index (χ3v) is 2.63. The van der Waals surface area contributed by atoms with Crippen molar-refractivity contribution in [3.63, 3.8) is 0 Å². The molecule has 1 aliphatic carbocycles. The minimum atomic E-state index is -1.05. The van der Waals surface area contributed by atoms with Crippen molar-refractivity contribution in [2.45, 2.75) is 19.3 Å². The van der Waals surface area contributed by atoms with E-state index in [-0.39, 0.29) is 5.76 Å². The third kappa shape index (κ3) is 4.11. The van der Waals surface area contributed by atoms with Crippen LogP contribution >= 0.6 is 0 Å². The van der Waals surface area contributed by atoms with Gasteiger partial charge in [0, 0.05) is 25.8 Å². The van der Waals surface area contributed by atoms with Gasteiger partial charge in [0.1, 0.15) is 0 Å². The van der Waals surface area contributed by atoms with Gasteiger partial charge in [-0.05, 0) is 31.2 Å². The Morgan fingerprint density at radius 1 is 1.53 bits per heavy atom. The fourth-order valence-corrected chi connectivity index (χ4v) is 1.47. The molecule has 0 bridgehead atoms. The van der Waals surface area contributed by atoms with Crippen LogP contribution in [0.4, 0.5) is 5.88 Å². The zero-order chi connectivity index (χ0) is 12.1. The Morgan fingerprint density at radius 2 is 2.35 bits per heavy atom. The summed E-state index contributed by atoms with van der Waals surface area (Å²) in [5, 5.41) is 11.7. The van der Waals surface area contributed by atoms with E-state index in [0.29, 0.717) is 5.88 Å². The van der Waals surface area contributed by atoms with Crippen LogP contribution in [0.2, 0.25) is 0 Å². The lowest BCUT2D eigenvalue weighted by atomic mass is 10.4. The minimum Gasteiger partial charge on any atom is -0.475 e. The second-order valence-electron chi connectivity index (χ2n) is 4.27. The molecular formula is C12H17NO4. The van der Waals surface area contributed by atoms with Crippen molar-refractivity contribution in [2.75, 3.05) is 25.1 Å². The zero-order valence-corrected chi connectivity index (χ0v) is 9.65. The Balaban J connectivity index is 1.55. The lowest BCUT2D eigenvalue weighted by Gasteiger charge is -2.04. The van der Waals surface area contributed by atoms with Gasteiger partial charge in [-0.15, -0.1) is 0 Å². The summed E-state index contributed by atoms with van der Waals surface area (Å²) in [6.07, 6.45) is 3.50. The van der Waals surface area contributed by atoms with E-state index in [9.17, 15) is 4.79 Å². The Bertz CT molecular complexity index is 370. The van der Waals surface area contributed by atoms with Gasteiger partial charge in [-0.25, -0.2) is 4.79 Å². The number of anilines is 1. The first-order valence-electron chi connectivity index (χ1n) is 5.90. The number of rotatable bonds is 8. The highest BCUT2D eigenvalue weighted by Gasteiger charge is 2.20. The van der Waals surface area contributed by atoms with Gasteiger partial charge in [0.15, 0.2) is 5.88 Å². The molecule has 5 nitrogen and oxygen atoms in total. The topological polar surface area (TPSA) is 71.7 Å². The van der Waals surface area contributed by atoms with Crippen molar-refractivity contribution in [1.29, 1.82) is 0 Å². The van der Waals surface area contributed by atoms with E-state index in [1.807, 2.05) is 0 Å². The van der Waals surface area contributed by atoms with Gasteiger partial charge in [0.25, 0.3) is 0 Å². The normalized spacial score (nSPS) is 14.8. The molecule has 0 saturated heterocycles. The van der Waals surface area contributed by atoms with Gasteiger partial charge in [0.05, 0.1) is 0 Å². The average Bonchev–Trinajstić information content (AvgIpc) is 3.00. The molecule has 2 rings (SSSR count). The molecule has 17 heavy (non-hydrogen) atoms. The van der Waals surface area contributed by atoms with E-state index in [0.717, 1.165) is 32.1 Å². The summed E-state index contributed by atoms with van der Waals surface area (Å²) in [4.78, 5) is 10.6. The van der Waals surface area contributed by atoms with Crippen molar-refractivity contribution in [3.8, 4) is 0 Å². The van der Waals surface area contributed by atoms with Crippen LogP contribution < -0.4 is 5.32 Å². The van der Waals surface area contributed by atoms with E-state index in [4.69, 9.17) is 14.3 Å². The molecule has 0 spiro atoms. The lowest BCUT2D eigenvalue weighted by molar-refractivity contribution is 0.0663. The summed E-state index contributed by atoms with van der Waals surface area (Å²) in [7, 11) is 0. The van der Waals surface area contributed by atoms with Crippen molar-refractivity contribution >= 4 is 11.9 Å². The number of carbonyl (C=O) groups is 1. The fraction of sp³-hybridized carbons (Fsp3) is 0.583. The molecule has 0 aromatic carbocycles. The number of hydrogen-bond donors (Lipinski definition) is 2. The Labute approximate surface area is 99.8 Å². The molecule has 94 valence electrons. The first kappa shape index (κ1) is 12.0. The molecule has 1 aromatic heterocycles. The first-order chi connectivity index (χ1) is 8.25. The van der Waals surface area contributed by atoms with Gasteiger partial charge >= 0.3 is 5.97 Å². The number of aromatic carboxylic acids is 1. The molecule has 1 fully saturated rings. The number of ether oxygens (including phenoxy) is 1. The summed E-state index contributed by atoms with van der Waals surface area (Å²) in [5.41, 5.74) is 0. The molecule has 0 radical (unpaired) electrons. The maximum Gasteiger partial charge on any atom is 0.371 e. The van der Waals surface area contributed by atoms with Gasteiger partial charge in [0.2, 0.25) is 5.76 Å². The highest BCUT2D eigenvalue weighted by Crippen LogP contribution is 2.28. The summed E-state index contributed by atoms with van der Waals surface area (Å²) in [6.45, 7) is 2.33. The first-order valence-corrected chi connectivity index (χ1v) is 5.90. The number of carboxylic acid groups (broad SMARTS) is 1. The Morgan fingerprint density at radius 3 is 3.00 bits per heavy atom. The molecule has 0 atom stereocenters. The van der Waals surface area contributed by atoms with Crippen LogP contribution in [0.5, 0.6) is 0 Å². The summed E-state index contributed by atoms with van der Waals surface area (Å²) in [5.74, 6) is 0.194. The van der Waals surface area contributed by atoms with Crippen molar-refractivity contribution in [1.82, 2.24) is 0 Å². The molecule has 5 heteroatoms. The molecule has 0 amide bonds. The van der Waals surface area contributed by atoms with Gasteiger partial charge in [-0.3, -0.25) is 0 Å². The number of nitrogens with one attached hydrogen (secondary N) is 1. The average molecular weight is 239 g/mol. The van der Waals surface area contributed by atoms with Crippen LogP contribution in [0.15, 0.2) is 16.5 Å². The summed E-state index contributed by atoms with van der Waals surface area (Å²) >= 11 is 0. The van der Waals surface area contributed by atoms with Crippen molar-refractivity contribution in [2.24, 2.45) is 5.92 Å². The van der Waals surface area contributed by atoms with Gasteiger partial charge < -0.3 is 19.6 Å². The SMILES string of the molecule is O=C(O)c1ccc(NCCCOCC2CC2)o1. The lowest BCUT2D eigenvalue weighted by Crippen LogP contribution is -2.06. The second-order valence-corrected chi connectivity index (χ2v) is 4.27. The van der Waals surface area contributed by atoms with Crippen LogP contribution in [-0.2, 0) is 4.74 Å². The molecule has 0 unspecified atom stereocenters. The van der Waals surface area contributed by atoms with Crippen molar-refractivity contribution < 1.29 is 19.1 Å². The van der Waals surface area contributed by atoms with E-state index in [1.54, 1.807) is 6.07 Å². The zero-order valence-electron chi connectivity index (χ0n) is 9.65. The minimum absolute atomic E-state index is 0.0440. The van der Waals surface area contributed by atoms with Crippen LogP contribution in [0.3, 0.4) is 0 Å². The van der Waals surface area contributed by atoms with E-state index in [2.05, 4.69) is 5.32 Å². The molecule has 1 aliphatic rings. The monoisotopic (exact) mass is 239 g/mol. The number of furan rings is 1. The fourth-order valence-electron chi connectivity index (χ4n) is 1.47. The maximum absolute atomic E-state index is 10.6. The smallest absolute Gasteiger partial charge is 0.371 e. The van der Waals surface area contributed by atoms with Crippen LogP contribution in [0.1, 0.15) is 29.8 Å². The molecule has 2 N–H and O–H groups in total. The standard InChI is InChI=1S/C12H17NO4/c14-12(15)10-4-5-11(17-10)13-6-1-7-16-8-9-2-3-9/h4-5,9,13H,1-3,6-8H2,(H,14,15). The quantitative estimate of drug-likeness (QED) is 0.680. The highest BCUT2D eigenvalue weighted by molar-refractivity contribution is 5.84. The van der Waals surface area contributed by atoms with Crippen LogP contribution in [0, 0.1) is 5.92 Å². The van der Waals surface area contributed by atoms with E-state index in [1.165, 1.54) is 18.9 Å². The number of carboxylic acids is 1. The second kappa shape index (κ2) is 5.72. The van der Waals surface area contributed by atoms with Crippen molar-refractivity contribution in [3.05, 3.63) is 17.9 Å². The van der Waals surface area contributed by atoms with Crippen LogP contribution in [-0.4, -0.2) is 30.8 Å². The van der Waals surface area contributed by atoms with Gasteiger partial charge in [-0.1, -0.05) is 0 Å². The Kier molecular flexibility index (Phi) is 4.03. The molecule has 1 saturated carbocycles. The van der Waals surface area contributed by atoms with Crippen LogP contribution in [0.25, 0.3) is 0 Å². The predicted molar refractivity (Wildman–Crippen MR) is 62.3 cm³/mol. The molecular weight excluding hydrogens is 222 g/mol. The maximum atomic E-state index is 10.6. The Hall–Kier alpha value is -1.49. The van der Waals surface area contributed by atoms with Gasteiger partial charge in [-0.2, -0.15) is 0 Å². The molecule has 0 aliphatic heterocycles. The predicted octanol–water partition coefficient (Wildman–Crippen LogP) is 2.21. The highest BCUT2D eigenvalue weighted by atomic mass is 16.5. The summed E-state index contributed by atoms with van der Waals surface area (Å²) < 4.78 is 10.5. The third-order valence-electron chi connectivity index (χ3n) is 2.63.